The maximum Gasteiger partial charge on any atom is 0.416 e. The Morgan fingerprint density at radius 2 is 1.79 bits per heavy atom. The summed E-state index contributed by atoms with van der Waals surface area (Å²) in [6, 6.07) is 13.3. The summed E-state index contributed by atoms with van der Waals surface area (Å²) in [5.41, 5.74) is 0.0704. The molecule has 14 heteroatoms. The normalized spacial score (nSPS) is 14.3. The molecule has 0 aromatic heterocycles. The number of hydrogen-bond donors (Lipinski definition) is 1. The molecule has 3 amide bonds. The van der Waals surface area contributed by atoms with E-state index in [9.17, 15) is 27.6 Å². The van der Waals surface area contributed by atoms with Gasteiger partial charge in [0.2, 0.25) is 5.91 Å². The Morgan fingerprint density at radius 3 is 2.44 bits per heavy atom. The molecule has 8 nitrogen and oxygen atoms in total. The van der Waals surface area contributed by atoms with Crippen molar-refractivity contribution >= 4 is 68.1 Å². The highest BCUT2D eigenvalue weighted by atomic mass is 79.9. The monoisotopic (exact) mass is 698 g/mol. The number of thioether (sulfide) groups is 1. The molecule has 3 aromatic carbocycles. The molecular formula is C29H23BrClF3N2O6S. The number of benzene rings is 3. The third-order valence-corrected chi connectivity index (χ3v) is 7.62. The van der Waals surface area contributed by atoms with Gasteiger partial charge >= 0.3 is 6.18 Å². The van der Waals surface area contributed by atoms with Gasteiger partial charge in [-0.15, -0.1) is 0 Å². The number of rotatable bonds is 10. The third-order valence-electron chi connectivity index (χ3n) is 5.90. The lowest BCUT2D eigenvalue weighted by Gasteiger charge is -2.16. The lowest BCUT2D eigenvalue weighted by atomic mass is 10.1. The first-order chi connectivity index (χ1) is 20.4. The second-order valence-corrected chi connectivity index (χ2v) is 11.2. The standard InChI is InChI=1S/C29H23BrClF3N2O6S/c1-3-41-23-11-17(10-20(31)26(23)42-15-16-4-7-19(30)8-5-16)12-24-27(38)36(28(39)43-24)14-25(37)35-21-13-18(29(32,33)34)6-9-22(21)40-2/h4-13H,3,14-15H2,1-2H3,(H,35,37)/b24-12-. The summed E-state index contributed by atoms with van der Waals surface area (Å²) in [4.78, 5) is 39.0. The fraction of sp³-hybridized carbons (Fsp3) is 0.207. The average Bonchev–Trinajstić information content (AvgIpc) is 3.20. The average molecular weight is 700 g/mol. The Hall–Kier alpha value is -3.68. The van der Waals surface area contributed by atoms with E-state index in [1.807, 2.05) is 24.3 Å². The number of carbonyl (C=O) groups is 3. The summed E-state index contributed by atoms with van der Waals surface area (Å²) in [7, 11) is 1.23. The second kappa shape index (κ2) is 13.7. The maximum absolute atomic E-state index is 13.1. The van der Waals surface area contributed by atoms with Crippen LogP contribution >= 0.6 is 39.3 Å². The molecule has 4 rings (SSSR count). The van der Waals surface area contributed by atoms with Crippen molar-refractivity contribution in [2.75, 3.05) is 25.6 Å². The summed E-state index contributed by atoms with van der Waals surface area (Å²) in [6.07, 6.45) is -3.23. The van der Waals surface area contributed by atoms with E-state index in [-0.39, 0.29) is 28.0 Å². The van der Waals surface area contributed by atoms with Crippen molar-refractivity contribution in [2.45, 2.75) is 19.7 Å². The Balaban J connectivity index is 1.49. The predicted molar refractivity (Wildman–Crippen MR) is 160 cm³/mol. The third kappa shape index (κ3) is 8.03. The van der Waals surface area contributed by atoms with Crippen molar-refractivity contribution in [1.82, 2.24) is 4.90 Å². The Bertz CT molecular complexity index is 1580. The van der Waals surface area contributed by atoms with Gasteiger partial charge in [0, 0.05) is 4.47 Å². The van der Waals surface area contributed by atoms with Gasteiger partial charge in [-0.05, 0) is 78.4 Å². The number of imide groups is 1. The van der Waals surface area contributed by atoms with Gasteiger partial charge in [0.15, 0.2) is 11.5 Å². The molecule has 1 aliphatic rings. The largest absolute Gasteiger partial charge is 0.495 e. The number of ether oxygens (including phenoxy) is 3. The fourth-order valence-electron chi connectivity index (χ4n) is 3.91. The van der Waals surface area contributed by atoms with E-state index in [0.29, 0.717) is 46.4 Å². The number of anilines is 1. The number of alkyl halides is 3. The summed E-state index contributed by atoms with van der Waals surface area (Å²) in [5.74, 6) is -1.05. The van der Waals surface area contributed by atoms with Crippen molar-refractivity contribution in [3.63, 3.8) is 0 Å². The van der Waals surface area contributed by atoms with Crippen LogP contribution in [0.1, 0.15) is 23.6 Å². The molecule has 43 heavy (non-hydrogen) atoms. The number of carbonyl (C=O) groups excluding carboxylic acids is 3. The quantitative estimate of drug-likeness (QED) is 0.216. The first-order valence-corrected chi connectivity index (χ1v) is 14.5. The number of hydrogen-bond acceptors (Lipinski definition) is 7. The van der Waals surface area contributed by atoms with E-state index in [1.54, 1.807) is 19.1 Å². The second-order valence-electron chi connectivity index (χ2n) is 8.91. The van der Waals surface area contributed by atoms with E-state index in [4.69, 9.17) is 25.8 Å². The molecular weight excluding hydrogens is 677 g/mol. The van der Waals surface area contributed by atoms with Crippen molar-refractivity contribution in [3.8, 4) is 17.2 Å². The minimum absolute atomic E-state index is 0.0106. The van der Waals surface area contributed by atoms with Crippen LogP contribution in [0.4, 0.5) is 23.7 Å². The fourth-order valence-corrected chi connectivity index (χ4v) is 5.29. The van der Waals surface area contributed by atoms with Gasteiger partial charge in [0.25, 0.3) is 11.1 Å². The number of nitrogens with one attached hydrogen (secondary N) is 1. The molecule has 0 saturated carbocycles. The van der Waals surface area contributed by atoms with Crippen LogP contribution in [0.2, 0.25) is 5.02 Å². The van der Waals surface area contributed by atoms with Crippen LogP contribution in [-0.2, 0) is 22.4 Å². The van der Waals surface area contributed by atoms with Gasteiger partial charge in [-0.1, -0.05) is 39.7 Å². The van der Waals surface area contributed by atoms with Gasteiger partial charge in [0.05, 0.1) is 34.9 Å². The number of halogens is 5. The van der Waals surface area contributed by atoms with E-state index < -0.39 is 35.3 Å². The van der Waals surface area contributed by atoms with Crippen LogP contribution in [0.15, 0.2) is 64.0 Å². The highest BCUT2D eigenvalue weighted by molar-refractivity contribution is 9.10. The van der Waals surface area contributed by atoms with Crippen LogP contribution in [0.25, 0.3) is 6.08 Å². The topological polar surface area (TPSA) is 94.2 Å². The van der Waals surface area contributed by atoms with Crippen molar-refractivity contribution in [2.24, 2.45) is 0 Å². The summed E-state index contributed by atoms with van der Waals surface area (Å²) in [6.45, 7) is 1.58. The Labute approximate surface area is 262 Å². The number of nitrogens with zero attached hydrogens (tertiary/aromatic N) is 1. The number of amides is 3. The molecule has 1 aliphatic heterocycles. The van der Waals surface area contributed by atoms with E-state index >= 15 is 0 Å². The Kier molecular flexibility index (Phi) is 10.3. The van der Waals surface area contributed by atoms with Crippen LogP contribution in [-0.4, -0.2) is 42.2 Å². The molecule has 3 aromatic rings. The summed E-state index contributed by atoms with van der Waals surface area (Å²) in [5, 5.41) is 1.76. The number of methoxy groups -OCH3 is 1. The first kappa shape index (κ1) is 32.2. The molecule has 0 bridgehead atoms. The molecule has 0 radical (unpaired) electrons. The van der Waals surface area contributed by atoms with Gasteiger partial charge in [-0.3, -0.25) is 19.3 Å². The van der Waals surface area contributed by atoms with Gasteiger partial charge < -0.3 is 19.5 Å². The summed E-state index contributed by atoms with van der Waals surface area (Å²) >= 11 is 10.5. The zero-order valence-electron chi connectivity index (χ0n) is 22.6. The molecule has 0 unspecified atom stereocenters. The van der Waals surface area contributed by atoms with Crippen molar-refractivity contribution in [3.05, 3.63) is 85.7 Å². The SMILES string of the molecule is CCOc1cc(/C=C2\SC(=O)N(CC(=O)Nc3cc(C(F)(F)F)ccc3OC)C2=O)cc(Cl)c1OCc1ccc(Br)cc1. The zero-order valence-corrected chi connectivity index (χ0v) is 25.7. The lowest BCUT2D eigenvalue weighted by Crippen LogP contribution is -2.36. The van der Waals surface area contributed by atoms with Crippen molar-refractivity contribution < 1.29 is 41.8 Å². The minimum Gasteiger partial charge on any atom is -0.495 e. The van der Waals surface area contributed by atoms with Crippen molar-refractivity contribution in [1.29, 1.82) is 0 Å². The molecule has 1 saturated heterocycles. The lowest BCUT2D eigenvalue weighted by molar-refractivity contribution is -0.137. The minimum atomic E-state index is -4.66. The van der Waals surface area contributed by atoms with Crippen LogP contribution < -0.4 is 19.5 Å². The van der Waals surface area contributed by atoms with E-state index in [2.05, 4.69) is 21.2 Å². The van der Waals surface area contributed by atoms with E-state index in [1.165, 1.54) is 13.2 Å². The molecule has 0 spiro atoms. The molecule has 0 atom stereocenters. The molecule has 226 valence electrons. The maximum atomic E-state index is 13.1. The first-order valence-electron chi connectivity index (χ1n) is 12.5. The smallest absolute Gasteiger partial charge is 0.416 e. The van der Waals surface area contributed by atoms with Crippen LogP contribution in [0.5, 0.6) is 17.2 Å². The molecule has 1 fully saturated rings. The highest BCUT2D eigenvalue weighted by Gasteiger charge is 2.37. The van der Waals surface area contributed by atoms with Crippen LogP contribution in [0.3, 0.4) is 0 Å². The van der Waals surface area contributed by atoms with Gasteiger partial charge in [-0.2, -0.15) is 13.2 Å². The molecule has 0 aliphatic carbocycles. The summed E-state index contributed by atoms with van der Waals surface area (Å²) < 4.78 is 57.0. The van der Waals surface area contributed by atoms with E-state index in [0.717, 1.165) is 22.2 Å². The van der Waals surface area contributed by atoms with Gasteiger partial charge in [-0.25, -0.2) is 0 Å². The highest BCUT2D eigenvalue weighted by Crippen LogP contribution is 2.40. The Morgan fingerprint density at radius 1 is 1.07 bits per heavy atom. The molecule has 1 heterocycles. The predicted octanol–water partition coefficient (Wildman–Crippen LogP) is 7.78. The van der Waals surface area contributed by atoms with Crippen LogP contribution in [0, 0.1) is 0 Å². The zero-order chi connectivity index (χ0) is 31.3. The molecule has 1 N–H and O–H groups in total. The van der Waals surface area contributed by atoms with Gasteiger partial charge in [0.1, 0.15) is 18.9 Å².